The molecule has 0 bridgehead atoms. The summed E-state index contributed by atoms with van der Waals surface area (Å²) in [7, 11) is 0. The maximum absolute atomic E-state index is 13.7. The van der Waals surface area contributed by atoms with Gasteiger partial charge in [0.2, 0.25) is 0 Å². The van der Waals surface area contributed by atoms with E-state index in [9.17, 15) is 13.2 Å². The molecular weight excluding hydrogens is 423 g/mol. The second-order valence-corrected chi connectivity index (χ2v) is 6.86. The Balaban J connectivity index is 1.61. The first-order chi connectivity index (χ1) is 14.3. The quantitative estimate of drug-likeness (QED) is 0.369. The van der Waals surface area contributed by atoms with E-state index < -0.39 is 18.2 Å². The lowest BCUT2D eigenvalue weighted by Gasteiger charge is -2.11. The van der Waals surface area contributed by atoms with Gasteiger partial charge in [-0.3, -0.25) is 4.40 Å². The third-order valence-electron chi connectivity index (χ3n) is 4.46. The number of nitrogens with zero attached hydrogens (tertiary/aromatic N) is 4. The summed E-state index contributed by atoms with van der Waals surface area (Å²) < 4.78 is 53.7. The first kappa shape index (κ1) is 18.5. The molecule has 0 saturated heterocycles. The third kappa shape index (κ3) is 3.05. The standard InChI is InChI=1S/C19H11ClF3N5O2/c20-13-3-5-25-17(26-13)15-16(19(21,22)23)27-14-7-9(4-6-28(14)15)18-29-11-2-1-10(24)8-12(11)30-18/h1-8,18H,24H2. The fraction of sp³-hybridized carbons (Fsp3) is 0.105. The Kier molecular flexibility index (Phi) is 4.00. The van der Waals surface area contributed by atoms with Crippen molar-refractivity contribution >= 4 is 22.9 Å². The predicted molar refractivity (Wildman–Crippen MR) is 101 cm³/mol. The van der Waals surface area contributed by atoms with Crippen molar-refractivity contribution in [2.75, 3.05) is 5.73 Å². The van der Waals surface area contributed by atoms with Gasteiger partial charge in [-0.15, -0.1) is 0 Å². The van der Waals surface area contributed by atoms with Gasteiger partial charge in [-0.2, -0.15) is 13.2 Å². The highest BCUT2D eigenvalue weighted by atomic mass is 35.5. The zero-order valence-corrected chi connectivity index (χ0v) is 15.6. The number of aromatic nitrogens is 4. The lowest BCUT2D eigenvalue weighted by atomic mass is 10.2. The van der Waals surface area contributed by atoms with E-state index in [0.29, 0.717) is 22.7 Å². The number of ether oxygens (including phenoxy) is 2. The first-order valence-corrected chi connectivity index (χ1v) is 8.98. The van der Waals surface area contributed by atoms with Crippen molar-refractivity contribution < 1.29 is 22.6 Å². The molecule has 0 aliphatic carbocycles. The number of anilines is 1. The number of nitrogen functional groups attached to an aromatic ring is 1. The molecule has 152 valence electrons. The van der Waals surface area contributed by atoms with Crippen LogP contribution in [0.2, 0.25) is 5.15 Å². The topological polar surface area (TPSA) is 87.6 Å². The van der Waals surface area contributed by atoms with Crippen molar-refractivity contribution in [3.05, 3.63) is 65.2 Å². The molecule has 0 amide bonds. The molecule has 2 N–H and O–H groups in total. The number of alkyl halides is 3. The van der Waals surface area contributed by atoms with Crippen LogP contribution in [0.5, 0.6) is 11.5 Å². The van der Waals surface area contributed by atoms with Gasteiger partial charge in [-0.1, -0.05) is 11.6 Å². The van der Waals surface area contributed by atoms with Crippen LogP contribution in [0.25, 0.3) is 17.2 Å². The molecular formula is C19H11ClF3N5O2. The van der Waals surface area contributed by atoms with Gasteiger partial charge < -0.3 is 15.2 Å². The maximum atomic E-state index is 13.7. The van der Waals surface area contributed by atoms with Gasteiger partial charge in [0.05, 0.1) is 0 Å². The Morgan fingerprint density at radius 2 is 1.83 bits per heavy atom. The lowest BCUT2D eigenvalue weighted by molar-refractivity contribution is -0.140. The highest BCUT2D eigenvalue weighted by Crippen LogP contribution is 2.42. The van der Waals surface area contributed by atoms with Gasteiger partial charge >= 0.3 is 6.18 Å². The Labute approximate surface area is 171 Å². The molecule has 0 spiro atoms. The third-order valence-corrected chi connectivity index (χ3v) is 4.67. The van der Waals surface area contributed by atoms with Crippen LogP contribution >= 0.6 is 11.6 Å². The number of nitrogens with two attached hydrogens (primary N) is 1. The molecule has 5 rings (SSSR count). The molecule has 4 aromatic rings. The second-order valence-electron chi connectivity index (χ2n) is 6.47. The van der Waals surface area contributed by atoms with Crippen molar-refractivity contribution in [2.24, 2.45) is 0 Å². The number of imidazole rings is 1. The average molecular weight is 434 g/mol. The highest BCUT2D eigenvalue weighted by molar-refractivity contribution is 6.29. The number of rotatable bonds is 2. The second kappa shape index (κ2) is 6.49. The Hall–Kier alpha value is -3.53. The van der Waals surface area contributed by atoms with E-state index in [1.54, 1.807) is 24.3 Å². The van der Waals surface area contributed by atoms with E-state index in [0.717, 1.165) is 0 Å². The van der Waals surface area contributed by atoms with Gasteiger partial charge in [-0.25, -0.2) is 15.0 Å². The molecule has 3 aromatic heterocycles. The normalized spacial score (nSPS) is 15.7. The van der Waals surface area contributed by atoms with Crippen molar-refractivity contribution in [3.63, 3.8) is 0 Å². The minimum atomic E-state index is -4.72. The Morgan fingerprint density at radius 1 is 1.03 bits per heavy atom. The summed E-state index contributed by atoms with van der Waals surface area (Å²) in [5.41, 5.74) is 5.32. The molecule has 7 nitrogen and oxygen atoms in total. The van der Waals surface area contributed by atoms with E-state index in [1.165, 1.54) is 28.9 Å². The largest absolute Gasteiger partial charge is 0.447 e. The first-order valence-electron chi connectivity index (χ1n) is 8.60. The SMILES string of the molecule is Nc1ccc2c(c1)OC(c1ccn3c(-c4nccc(Cl)n4)c(C(F)(F)F)nc3c1)O2. The zero-order chi connectivity index (χ0) is 21.0. The van der Waals surface area contributed by atoms with Crippen LogP contribution < -0.4 is 15.2 Å². The van der Waals surface area contributed by atoms with Crippen LogP contribution in [0.4, 0.5) is 18.9 Å². The Morgan fingerprint density at radius 3 is 2.60 bits per heavy atom. The summed E-state index contributed by atoms with van der Waals surface area (Å²) in [4.78, 5) is 11.6. The molecule has 1 aliphatic rings. The minimum absolute atomic E-state index is 0.0180. The van der Waals surface area contributed by atoms with E-state index in [-0.39, 0.29) is 22.3 Å². The van der Waals surface area contributed by atoms with Crippen molar-refractivity contribution in [1.82, 2.24) is 19.4 Å². The van der Waals surface area contributed by atoms with Gasteiger partial charge in [0.1, 0.15) is 16.5 Å². The predicted octanol–water partition coefficient (Wildman–Crippen LogP) is 4.52. The summed E-state index contributed by atoms with van der Waals surface area (Å²) in [6.07, 6.45) is -2.86. The van der Waals surface area contributed by atoms with Crippen LogP contribution in [0, 0.1) is 0 Å². The van der Waals surface area contributed by atoms with E-state index in [2.05, 4.69) is 15.0 Å². The molecule has 0 saturated carbocycles. The van der Waals surface area contributed by atoms with E-state index in [1.807, 2.05) is 0 Å². The molecule has 11 heteroatoms. The summed E-state index contributed by atoms with van der Waals surface area (Å²) >= 11 is 5.84. The van der Waals surface area contributed by atoms with Crippen molar-refractivity contribution in [3.8, 4) is 23.0 Å². The van der Waals surface area contributed by atoms with E-state index >= 15 is 0 Å². The number of pyridine rings is 1. The van der Waals surface area contributed by atoms with Crippen LogP contribution in [0.1, 0.15) is 17.5 Å². The zero-order valence-electron chi connectivity index (χ0n) is 14.9. The van der Waals surface area contributed by atoms with Gasteiger partial charge in [0.15, 0.2) is 23.0 Å². The van der Waals surface area contributed by atoms with Gasteiger partial charge in [0.25, 0.3) is 6.29 Å². The monoisotopic (exact) mass is 433 g/mol. The molecule has 4 heterocycles. The molecule has 30 heavy (non-hydrogen) atoms. The molecule has 1 atom stereocenters. The van der Waals surface area contributed by atoms with Crippen LogP contribution in [-0.2, 0) is 6.18 Å². The smallest absolute Gasteiger partial charge is 0.435 e. The Bertz CT molecular complexity index is 1290. The van der Waals surface area contributed by atoms with E-state index in [4.69, 9.17) is 26.8 Å². The molecule has 1 aliphatic heterocycles. The number of benzene rings is 1. The van der Waals surface area contributed by atoms with Crippen LogP contribution in [-0.4, -0.2) is 19.4 Å². The summed E-state index contributed by atoms with van der Waals surface area (Å²) in [6, 6.07) is 9.33. The minimum Gasteiger partial charge on any atom is -0.447 e. The summed E-state index contributed by atoms with van der Waals surface area (Å²) in [5, 5.41) is 0.0180. The number of hydrogen-bond donors (Lipinski definition) is 1. The summed E-state index contributed by atoms with van der Waals surface area (Å²) in [6.45, 7) is 0. The van der Waals surface area contributed by atoms with Crippen molar-refractivity contribution in [2.45, 2.75) is 12.5 Å². The van der Waals surface area contributed by atoms with Crippen LogP contribution in [0.3, 0.4) is 0 Å². The molecule has 0 fully saturated rings. The number of halogens is 4. The summed E-state index contributed by atoms with van der Waals surface area (Å²) in [5.74, 6) is 0.750. The van der Waals surface area contributed by atoms with Gasteiger partial charge in [0, 0.05) is 29.7 Å². The number of fused-ring (bicyclic) bond motifs is 2. The van der Waals surface area contributed by atoms with Gasteiger partial charge in [-0.05, 0) is 30.3 Å². The fourth-order valence-electron chi connectivity index (χ4n) is 3.17. The number of hydrogen-bond acceptors (Lipinski definition) is 6. The average Bonchev–Trinajstić information content (AvgIpc) is 3.28. The molecule has 0 radical (unpaired) electrons. The van der Waals surface area contributed by atoms with Crippen LogP contribution in [0.15, 0.2) is 48.8 Å². The highest BCUT2D eigenvalue weighted by Gasteiger charge is 2.39. The van der Waals surface area contributed by atoms with Crippen molar-refractivity contribution in [1.29, 1.82) is 0 Å². The fourth-order valence-corrected chi connectivity index (χ4v) is 3.31. The lowest BCUT2D eigenvalue weighted by Crippen LogP contribution is -2.09. The maximum Gasteiger partial charge on any atom is 0.435 e. The molecule has 1 unspecified atom stereocenters. The molecule has 1 aromatic carbocycles.